The van der Waals surface area contributed by atoms with E-state index in [0.717, 1.165) is 18.8 Å². The van der Waals surface area contributed by atoms with Gasteiger partial charge in [-0.25, -0.2) is 9.18 Å². The number of halogens is 2. The van der Waals surface area contributed by atoms with Crippen molar-refractivity contribution in [2.45, 2.75) is 12.8 Å². The van der Waals surface area contributed by atoms with Crippen LogP contribution in [0.15, 0.2) is 52.1 Å². The van der Waals surface area contributed by atoms with Gasteiger partial charge in [-0.3, -0.25) is 4.79 Å². The first-order valence-corrected chi connectivity index (χ1v) is 12.2. The van der Waals surface area contributed by atoms with Gasteiger partial charge in [0, 0.05) is 49.2 Å². The van der Waals surface area contributed by atoms with Gasteiger partial charge in [0.25, 0.3) is 0 Å². The lowest BCUT2D eigenvalue weighted by Gasteiger charge is -2.31. The van der Waals surface area contributed by atoms with Gasteiger partial charge in [-0.1, -0.05) is 5.16 Å². The summed E-state index contributed by atoms with van der Waals surface area (Å²) in [5, 5.41) is 18.1. The minimum atomic E-state index is -0.442. The Morgan fingerprint density at radius 2 is 1.66 bits per heavy atom. The number of ketones is 1. The normalized spacial score (nSPS) is 17.3. The predicted octanol–water partition coefficient (Wildman–Crippen LogP) is 4.14. The maximum atomic E-state index is 13.4. The number of carbonyl (C=O) groups excluding carboxylic acids is 2. The fraction of sp³-hybridized carbons (Fsp3) is 0.375. The number of ether oxygens (including phenoxy) is 1. The van der Waals surface area contributed by atoms with E-state index in [1.54, 1.807) is 4.90 Å². The number of morpholine rings is 1. The molecule has 2 aromatic rings. The molecule has 0 unspecified atom stereocenters. The Bertz CT molecular complexity index is 1080. The number of hydrogen-bond acceptors (Lipinski definition) is 6. The summed E-state index contributed by atoms with van der Waals surface area (Å²) in [4.78, 5) is 29.5. The van der Waals surface area contributed by atoms with E-state index < -0.39 is 11.7 Å². The van der Waals surface area contributed by atoms with Crippen LogP contribution in [0.5, 0.6) is 0 Å². The predicted molar refractivity (Wildman–Crippen MR) is 135 cm³/mol. The van der Waals surface area contributed by atoms with Crippen LogP contribution >= 0.6 is 15.9 Å². The Balaban J connectivity index is 1.27. The van der Waals surface area contributed by atoms with Crippen molar-refractivity contribution in [1.29, 1.82) is 0 Å². The first-order valence-electron chi connectivity index (χ1n) is 11.4. The number of hydrogen-bond donors (Lipinski definition) is 3. The molecule has 186 valence electrons. The van der Waals surface area contributed by atoms with Gasteiger partial charge >= 0.3 is 6.03 Å². The standard InChI is InChI=1S/C24H27BrFN5O4/c25-20-15-18(3-6-21(20)26)27-23(29-34)22(32)16-7-9-31(10-8-16)24(33)28-17-1-4-19(5-2-17)30-11-13-35-14-12-30/h1-6,15-16,34H,7-14H2,(H,27,29)(H,28,33). The summed E-state index contributed by atoms with van der Waals surface area (Å²) in [5.74, 6) is -1.41. The minimum Gasteiger partial charge on any atom is -0.409 e. The van der Waals surface area contributed by atoms with E-state index in [-0.39, 0.29) is 22.1 Å². The van der Waals surface area contributed by atoms with Gasteiger partial charge in [0.05, 0.1) is 17.7 Å². The molecule has 3 N–H and O–H groups in total. The van der Waals surface area contributed by atoms with Gasteiger partial charge < -0.3 is 30.4 Å². The summed E-state index contributed by atoms with van der Waals surface area (Å²) in [6.45, 7) is 3.91. The summed E-state index contributed by atoms with van der Waals surface area (Å²) in [5.41, 5.74) is 2.21. The highest BCUT2D eigenvalue weighted by Crippen LogP contribution is 2.24. The van der Waals surface area contributed by atoms with Crippen LogP contribution < -0.4 is 15.5 Å². The molecular formula is C24H27BrFN5O4. The molecule has 4 rings (SSSR count). The molecule has 2 fully saturated rings. The Morgan fingerprint density at radius 1 is 1.00 bits per heavy atom. The zero-order valence-corrected chi connectivity index (χ0v) is 20.6. The van der Waals surface area contributed by atoms with E-state index in [4.69, 9.17) is 4.74 Å². The van der Waals surface area contributed by atoms with Crippen molar-refractivity contribution >= 4 is 50.6 Å². The van der Waals surface area contributed by atoms with Crippen molar-refractivity contribution in [1.82, 2.24) is 4.90 Å². The number of urea groups is 1. The molecule has 2 heterocycles. The van der Waals surface area contributed by atoms with Gasteiger partial charge in [-0.15, -0.1) is 0 Å². The lowest BCUT2D eigenvalue weighted by atomic mass is 9.92. The van der Waals surface area contributed by atoms with Crippen LogP contribution in [0, 0.1) is 11.7 Å². The molecule has 0 spiro atoms. The SMILES string of the molecule is O=C(/C(=N/O)Nc1ccc(F)c(Br)c1)C1CCN(C(=O)Nc2ccc(N3CCOCC3)cc2)CC1. The smallest absolute Gasteiger partial charge is 0.321 e. The zero-order valence-electron chi connectivity index (χ0n) is 19.0. The Labute approximate surface area is 211 Å². The molecule has 11 heteroatoms. The third kappa shape index (κ3) is 6.29. The molecule has 2 aliphatic rings. The lowest BCUT2D eigenvalue weighted by molar-refractivity contribution is -0.117. The molecule has 2 aliphatic heterocycles. The number of rotatable bonds is 5. The van der Waals surface area contributed by atoms with Gasteiger partial charge in [0.2, 0.25) is 11.6 Å². The Morgan fingerprint density at radius 3 is 2.29 bits per heavy atom. The quantitative estimate of drug-likeness (QED) is 0.225. The Hall–Kier alpha value is -3.18. The summed E-state index contributed by atoms with van der Waals surface area (Å²) in [7, 11) is 0. The van der Waals surface area contributed by atoms with Crippen LogP contribution in [0.4, 0.5) is 26.2 Å². The van der Waals surface area contributed by atoms with Crippen LogP contribution in [0.3, 0.4) is 0 Å². The largest absolute Gasteiger partial charge is 0.409 e. The third-order valence-electron chi connectivity index (χ3n) is 6.16. The van der Waals surface area contributed by atoms with Crippen molar-refractivity contribution in [3.63, 3.8) is 0 Å². The van der Waals surface area contributed by atoms with E-state index in [0.29, 0.717) is 50.5 Å². The van der Waals surface area contributed by atoms with Crippen LogP contribution in [0.1, 0.15) is 12.8 Å². The molecule has 2 amide bonds. The van der Waals surface area contributed by atoms with E-state index in [9.17, 15) is 19.2 Å². The van der Waals surface area contributed by atoms with E-state index >= 15 is 0 Å². The molecule has 0 saturated carbocycles. The number of carbonyl (C=O) groups is 2. The number of anilines is 3. The number of oxime groups is 1. The van der Waals surface area contributed by atoms with Crippen molar-refractivity contribution in [2.75, 3.05) is 54.9 Å². The number of likely N-dealkylation sites (tertiary alicyclic amines) is 1. The number of benzene rings is 2. The highest BCUT2D eigenvalue weighted by atomic mass is 79.9. The molecule has 35 heavy (non-hydrogen) atoms. The number of amides is 2. The van der Waals surface area contributed by atoms with Crippen LogP contribution in [-0.2, 0) is 9.53 Å². The summed E-state index contributed by atoms with van der Waals surface area (Å²) >= 11 is 3.08. The average Bonchev–Trinajstić information content (AvgIpc) is 2.90. The number of piperidine rings is 1. The van der Waals surface area contributed by atoms with E-state index in [1.807, 2.05) is 24.3 Å². The first kappa shape index (κ1) is 24.9. The monoisotopic (exact) mass is 547 g/mol. The topological polar surface area (TPSA) is 106 Å². The van der Waals surface area contributed by atoms with Crippen molar-refractivity contribution in [2.24, 2.45) is 11.1 Å². The van der Waals surface area contributed by atoms with Gasteiger partial charge in [-0.05, 0) is 71.2 Å². The summed E-state index contributed by atoms with van der Waals surface area (Å²) in [6, 6.07) is 11.6. The minimum absolute atomic E-state index is 0.216. The average molecular weight is 548 g/mol. The fourth-order valence-electron chi connectivity index (χ4n) is 4.16. The number of amidine groups is 1. The maximum absolute atomic E-state index is 13.4. The number of Topliss-reactive ketones (excluding diaryl/α,β-unsaturated/α-hetero) is 1. The molecule has 0 aromatic heterocycles. The number of nitrogens with zero attached hydrogens (tertiary/aromatic N) is 3. The molecule has 2 saturated heterocycles. The lowest BCUT2D eigenvalue weighted by Crippen LogP contribution is -2.44. The Kier molecular flexibility index (Phi) is 8.19. The molecule has 2 aromatic carbocycles. The second kappa shape index (κ2) is 11.5. The van der Waals surface area contributed by atoms with Crippen molar-refractivity contribution < 1.29 is 23.9 Å². The molecule has 0 atom stereocenters. The highest BCUT2D eigenvalue weighted by Gasteiger charge is 2.30. The van der Waals surface area contributed by atoms with Crippen LogP contribution in [0.25, 0.3) is 0 Å². The zero-order chi connectivity index (χ0) is 24.8. The molecular weight excluding hydrogens is 521 g/mol. The van der Waals surface area contributed by atoms with Gasteiger partial charge in [0.1, 0.15) is 5.82 Å². The van der Waals surface area contributed by atoms with E-state index in [2.05, 4.69) is 36.6 Å². The van der Waals surface area contributed by atoms with E-state index in [1.165, 1.54) is 18.2 Å². The number of nitrogens with one attached hydrogen (secondary N) is 2. The maximum Gasteiger partial charge on any atom is 0.321 e. The van der Waals surface area contributed by atoms with Gasteiger partial charge in [-0.2, -0.15) is 0 Å². The first-order chi connectivity index (χ1) is 16.9. The van der Waals surface area contributed by atoms with Gasteiger partial charge in [0.15, 0.2) is 0 Å². The van der Waals surface area contributed by atoms with Crippen LogP contribution in [0.2, 0.25) is 0 Å². The molecule has 0 bridgehead atoms. The highest BCUT2D eigenvalue weighted by molar-refractivity contribution is 9.10. The summed E-state index contributed by atoms with van der Waals surface area (Å²) in [6.07, 6.45) is 0.881. The molecule has 9 nitrogen and oxygen atoms in total. The summed E-state index contributed by atoms with van der Waals surface area (Å²) < 4.78 is 19.0. The second-order valence-electron chi connectivity index (χ2n) is 8.40. The van der Waals surface area contributed by atoms with Crippen LogP contribution in [-0.4, -0.2) is 67.1 Å². The van der Waals surface area contributed by atoms with Crippen molar-refractivity contribution in [3.8, 4) is 0 Å². The molecule has 0 aliphatic carbocycles. The third-order valence-corrected chi connectivity index (χ3v) is 6.77. The fourth-order valence-corrected chi connectivity index (χ4v) is 4.54. The second-order valence-corrected chi connectivity index (χ2v) is 9.26. The molecule has 0 radical (unpaired) electrons. The van der Waals surface area contributed by atoms with Crippen molar-refractivity contribution in [3.05, 3.63) is 52.8 Å².